The summed E-state index contributed by atoms with van der Waals surface area (Å²) in [6.07, 6.45) is 0. The molecule has 4 heteroatoms. The molecule has 0 spiro atoms. The Balaban J connectivity index is 0.932. The minimum atomic E-state index is 0.632. The molecule has 0 aliphatic heterocycles. The van der Waals surface area contributed by atoms with Crippen molar-refractivity contribution in [1.29, 1.82) is 0 Å². The van der Waals surface area contributed by atoms with Gasteiger partial charge < -0.3 is 4.57 Å². The van der Waals surface area contributed by atoms with Crippen LogP contribution in [0.1, 0.15) is 0 Å². The lowest BCUT2D eigenvalue weighted by Crippen LogP contribution is -2.00. The first-order valence-corrected chi connectivity index (χ1v) is 20.7. The van der Waals surface area contributed by atoms with Crippen molar-refractivity contribution in [2.75, 3.05) is 0 Å². The summed E-state index contributed by atoms with van der Waals surface area (Å²) in [6.45, 7) is 0. The summed E-state index contributed by atoms with van der Waals surface area (Å²) < 4.78 is 2.46. The van der Waals surface area contributed by atoms with Crippen LogP contribution in [-0.2, 0) is 0 Å². The van der Waals surface area contributed by atoms with E-state index >= 15 is 0 Å². The van der Waals surface area contributed by atoms with Crippen LogP contribution >= 0.6 is 0 Å². The van der Waals surface area contributed by atoms with E-state index in [0.717, 1.165) is 44.5 Å². The molecule has 12 rings (SSSR count). The van der Waals surface area contributed by atoms with Gasteiger partial charge in [-0.15, -0.1) is 0 Å². The van der Waals surface area contributed by atoms with Gasteiger partial charge in [-0.2, -0.15) is 0 Å². The average Bonchev–Trinajstić information content (AvgIpc) is 3.70. The molecule has 0 saturated heterocycles. The Morgan fingerprint density at radius 3 is 1.16 bits per heavy atom. The molecule has 0 radical (unpaired) electrons. The average molecular weight is 777 g/mol. The zero-order valence-corrected chi connectivity index (χ0v) is 33.1. The molecule has 0 N–H and O–H groups in total. The summed E-state index contributed by atoms with van der Waals surface area (Å²) in [5.41, 5.74) is 11.0. The van der Waals surface area contributed by atoms with Crippen LogP contribution in [0.15, 0.2) is 218 Å². The Morgan fingerprint density at radius 1 is 0.246 bits per heavy atom. The Labute approximate surface area is 352 Å². The van der Waals surface area contributed by atoms with Gasteiger partial charge in [0.15, 0.2) is 17.5 Å². The van der Waals surface area contributed by atoms with E-state index in [1.807, 2.05) is 6.07 Å². The molecular weight excluding hydrogens is 741 g/mol. The van der Waals surface area contributed by atoms with E-state index in [9.17, 15) is 0 Å². The highest BCUT2D eigenvalue weighted by atomic mass is 15.0. The van der Waals surface area contributed by atoms with E-state index in [0.29, 0.717) is 17.5 Å². The molecule has 0 aliphatic carbocycles. The van der Waals surface area contributed by atoms with Crippen molar-refractivity contribution in [1.82, 2.24) is 19.5 Å². The molecule has 0 atom stereocenters. The largest absolute Gasteiger partial charge is 0.308 e. The summed E-state index contributed by atoms with van der Waals surface area (Å²) in [5, 5.41) is 9.79. The van der Waals surface area contributed by atoms with Gasteiger partial charge in [0.25, 0.3) is 0 Å². The van der Waals surface area contributed by atoms with Crippen LogP contribution in [0.5, 0.6) is 0 Å². The van der Waals surface area contributed by atoms with Crippen LogP contribution in [0.4, 0.5) is 0 Å². The summed E-state index contributed by atoms with van der Waals surface area (Å²) in [4.78, 5) is 15.2. The van der Waals surface area contributed by atoms with Crippen molar-refractivity contribution in [2.24, 2.45) is 0 Å². The van der Waals surface area contributed by atoms with E-state index < -0.39 is 0 Å². The van der Waals surface area contributed by atoms with E-state index in [2.05, 4.69) is 217 Å². The topological polar surface area (TPSA) is 43.6 Å². The summed E-state index contributed by atoms with van der Waals surface area (Å²) >= 11 is 0. The number of benzene rings is 10. The van der Waals surface area contributed by atoms with Gasteiger partial charge in [-0.1, -0.05) is 200 Å². The third-order valence-electron chi connectivity index (χ3n) is 12.0. The molecule has 61 heavy (non-hydrogen) atoms. The van der Waals surface area contributed by atoms with Gasteiger partial charge >= 0.3 is 0 Å². The number of hydrogen-bond donors (Lipinski definition) is 0. The third kappa shape index (κ3) is 6.04. The van der Waals surface area contributed by atoms with Crippen molar-refractivity contribution in [3.05, 3.63) is 218 Å². The van der Waals surface area contributed by atoms with Crippen LogP contribution in [0.2, 0.25) is 0 Å². The van der Waals surface area contributed by atoms with Gasteiger partial charge in [0.1, 0.15) is 0 Å². The second-order valence-electron chi connectivity index (χ2n) is 15.6. The second kappa shape index (κ2) is 14.3. The molecular formula is C57H36N4. The normalized spacial score (nSPS) is 11.6. The van der Waals surface area contributed by atoms with Crippen molar-refractivity contribution in [3.63, 3.8) is 0 Å². The molecule has 10 aromatic carbocycles. The van der Waals surface area contributed by atoms with Crippen molar-refractivity contribution in [3.8, 4) is 62.1 Å². The molecule has 0 bridgehead atoms. The van der Waals surface area contributed by atoms with Crippen molar-refractivity contribution in [2.45, 2.75) is 0 Å². The molecule has 0 saturated carbocycles. The maximum atomic E-state index is 5.08. The maximum Gasteiger partial charge on any atom is 0.164 e. The third-order valence-corrected chi connectivity index (χ3v) is 12.0. The lowest BCUT2D eigenvalue weighted by molar-refractivity contribution is 1.07. The Kier molecular flexibility index (Phi) is 8.13. The second-order valence-corrected chi connectivity index (χ2v) is 15.6. The summed E-state index contributed by atoms with van der Waals surface area (Å²) in [7, 11) is 0. The van der Waals surface area contributed by atoms with Gasteiger partial charge in [0, 0.05) is 43.9 Å². The van der Waals surface area contributed by atoms with E-state index in [1.54, 1.807) is 0 Å². The summed E-state index contributed by atoms with van der Waals surface area (Å²) in [5.74, 6) is 1.91. The fraction of sp³-hybridized carbons (Fsp3) is 0. The number of fused-ring (bicyclic) bond motifs is 8. The minimum Gasteiger partial charge on any atom is -0.308 e. The fourth-order valence-electron chi connectivity index (χ4n) is 8.95. The van der Waals surface area contributed by atoms with Gasteiger partial charge in [0.2, 0.25) is 0 Å². The monoisotopic (exact) mass is 776 g/mol. The predicted octanol–water partition coefficient (Wildman–Crippen LogP) is 14.8. The molecule has 12 aromatic rings. The highest BCUT2D eigenvalue weighted by molar-refractivity contribution is 6.23. The lowest BCUT2D eigenvalue weighted by Gasteiger charge is -2.13. The molecule has 4 nitrogen and oxygen atoms in total. The highest BCUT2D eigenvalue weighted by Crippen LogP contribution is 2.40. The van der Waals surface area contributed by atoms with Gasteiger partial charge in [0.05, 0.1) is 11.0 Å². The Morgan fingerprint density at radius 2 is 0.623 bits per heavy atom. The molecule has 0 amide bonds. The molecule has 0 fully saturated rings. The van der Waals surface area contributed by atoms with Gasteiger partial charge in [-0.05, 0) is 62.0 Å². The first-order chi connectivity index (χ1) is 30.2. The lowest BCUT2D eigenvalue weighted by atomic mass is 10.0. The van der Waals surface area contributed by atoms with E-state index in [1.165, 1.54) is 54.3 Å². The van der Waals surface area contributed by atoms with Crippen molar-refractivity contribution < 1.29 is 0 Å². The number of aromatic nitrogens is 4. The molecule has 284 valence electrons. The minimum absolute atomic E-state index is 0.632. The maximum absolute atomic E-state index is 5.08. The van der Waals surface area contributed by atoms with Crippen LogP contribution in [0.3, 0.4) is 0 Å². The standard InChI is InChI=1S/C57H36N4/c1-2-10-37(11-3-1)39-18-23-44(24-19-39)55-58-56(60-57(59-55)47-27-22-38-12-4-5-15-46(38)36-47)45-25-20-40(21-26-45)41-28-32-48(33-29-41)61-53-49-16-8-6-13-42(49)30-34-51(53)52-35-31-43-14-7-9-17-50(43)54(52)61/h1-36H. The molecule has 0 unspecified atom stereocenters. The van der Waals surface area contributed by atoms with Crippen LogP contribution in [0.25, 0.3) is 116 Å². The Bertz CT molecular complexity index is 3510. The smallest absolute Gasteiger partial charge is 0.164 e. The molecule has 0 aliphatic rings. The van der Waals surface area contributed by atoms with E-state index in [-0.39, 0.29) is 0 Å². The fourth-order valence-corrected chi connectivity index (χ4v) is 8.95. The van der Waals surface area contributed by atoms with Crippen LogP contribution in [0, 0.1) is 0 Å². The Hall–Kier alpha value is -8.21. The highest BCUT2D eigenvalue weighted by Gasteiger charge is 2.18. The quantitative estimate of drug-likeness (QED) is 0.169. The van der Waals surface area contributed by atoms with E-state index in [4.69, 9.17) is 15.0 Å². The number of nitrogens with zero attached hydrogens (tertiary/aromatic N) is 4. The molecule has 2 heterocycles. The van der Waals surface area contributed by atoms with Crippen LogP contribution in [-0.4, -0.2) is 19.5 Å². The van der Waals surface area contributed by atoms with Gasteiger partial charge in [-0.3, -0.25) is 0 Å². The first kappa shape index (κ1) is 34.8. The number of rotatable bonds is 6. The van der Waals surface area contributed by atoms with Crippen LogP contribution < -0.4 is 0 Å². The SMILES string of the molecule is c1ccc(-c2ccc(-c3nc(-c4ccc(-c5ccc(-n6c7c8ccccc8ccc7c7ccc8ccccc8c76)cc5)cc4)nc(-c4ccc5ccccc5c4)n3)cc2)cc1. The first-order valence-electron chi connectivity index (χ1n) is 20.7. The zero-order chi connectivity index (χ0) is 40.3. The zero-order valence-electron chi connectivity index (χ0n) is 33.1. The summed E-state index contributed by atoms with van der Waals surface area (Å²) in [6, 6.07) is 77.7. The van der Waals surface area contributed by atoms with Gasteiger partial charge in [-0.25, -0.2) is 15.0 Å². The number of hydrogen-bond acceptors (Lipinski definition) is 3. The van der Waals surface area contributed by atoms with Crippen molar-refractivity contribution >= 4 is 54.1 Å². The predicted molar refractivity (Wildman–Crippen MR) is 254 cm³/mol. The molecule has 2 aromatic heterocycles.